The lowest BCUT2D eigenvalue weighted by Gasteiger charge is -2.12. The molecular formula is C16H16N2O3. The average molecular weight is 284 g/mol. The summed E-state index contributed by atoms with van der Waals surface area (Å²) >= 11 is 0. The summed E-state index contributed by atoms with van der Waals surface area (Å²) in [7, 11) is 0. The molecule has 1 heterocycles. The molecule has 5 heteroatoms. The van der Waals surface area contributed by atoms with Crippen molar-refractivity contribution in [3.8, 4) is 0 Å². The van der Waals surface area contributed by atoms with Crippen molar-refractivity contribution in [1.29, 1.82) is 0 Å². The number of aryl methyl sites for hydroxylation is 2. The van der Waals surface area contributed by atoms with Gasteiger partial charge in [-0.05, 0) is 43.9 Å². The molecule has 1 aliphatic carbocycles. The van der Waals surface area contributed by atoms with Gasteiger partial charge in [-0.15, -0.1) is 0 Å². The number of carbonyl (C=O) groups is 1. The van der Waals surface area contributed by atoms with Crippen LogP contribution in [0.25, 0.3) is 0 Å². The van der Waals surface area contributed by atoms with Crippen LogP contribution in [0.4, 0.5) is 0 Å². The van der Waals surface area contributed by atoms with Gasteiger partial charge in [0.05, 0.1) is 17.8 Å². The number of carboxylic acid groups (broad SMARTS) is 1. The minimum Gasteiger partial charge on any atom is -0.478 e. The summed E-state index contributed by atoms with van der Waals surface area (Å²) in [5, 5.41) is 9.03. The van der Waals surface area contributed by atoms with Gasteiger partial charge >= 0.3 is 5.97 Å². The van der Waals surface area contributed by atoms with Gasteiger partial charge in [0.2, 0.25) is 0 Å². The zero-order chi connectivity index (χ0) is 15.0. The van der Waals surface area contributed by atoms with Crippen LogP contribution in [-0.4, -0.2) is 20.6 Å². The lowest BCUT2D eigenvalue weighted by molar-refractivity contribution is 0.0696. The van der Waals surface area contributed by atoms with E-state index in [1.807, 2.05) is 13.0 Å². The minimum absolute atomic E-state index is 0.00993. The Labute approximate surface area is 121 Å². The van der Waals surface area contributed by atoms with Crippen LogP contribution >= 0.6 is 0 Å². The third-order valence-electron chi connectivity index (χ3n) is 3.89. The Morgan fingerprint density at radius 3 is 2.95 bits per heavy atom. The fraction of sp³-hybridized carbons (Fsp3) is 0.312. The predicted molar refractivity (Wildman–Crippen MR) is 77.8 cm³/mol. The first-order valence-electron chi connectivity index (χ1n) is 6.97. The van der Waals surface area contributed by atoms with Gasteiger partial charge < -0.3 is 5.11 Å². The molecule has 1 aliphatic rings. The monoisotopic (exact) mass is 284 g/mol. The molecule has 0 fully saturated rings. The zero-order valence-electron chi connectivity index (χ0n) is 11.8. The maximum Gasteiger partial charge on any atom is 0.335 e. The summed E-state index contributed by atoms with van der Waals surface area (Å²) in [6, 6.07) is 6.66. The van der Waals surface area contributed by atoms with Gasteiger partial charge in [-0.3, -0.25) is 9.36 Å². The van der Waals surface area contributed by atoms with Crippen LogP contribution in [0, 0.1) is 6.92 Å². The molecule has 0 spiro atoms. The van der Waals surface area contributed by atoms with Crippen molar-refractivity contribution < 1.29 is 9.90 Å². The van der Waals surface area contributed by atoms with Crippen LogP contribution in [0.3, 0.4) is 0 Å². The molecule has 0 aliphatic heterocycles. The van der Waals surface area contributed by atoms with Crippen molar-refractivity contribution in [2.45, 2.75) is 32.7 Å². The van der Waals surface area contributed by atoms with Crippen LogP contribution in [0.2, 0.25) is 0 Å². The van der Waals surface area contributed by atoms with E-state index in [4.69, 9.17) is 5.11 Å². The second-order valence-corrected chi connectivity index (χ2v) is 5.33. The third-order valence-corrected chi connectivity index (χ3v) is 3.89. The number of nitrogens with zero attached hydrogens (tertiary/aromatic N) is 2. The smallest absolute Gasteiger partial charge is 0.335 e. The summed E-state index contributed by atoms with van der Waals surface area (Å²) in [5.41, 5.74) is 2.77. The van der Waals surface area contributed by atoms with Crippen LogP contribution in [0.1, 0.15) is 39.4 Å². The quantitative estimate of drug-likeness (QED) is 0.932. The molecule has 21 heavy (non-hydrogen) atoms. The largest absolute Gasteiger partial charge is 0.478 e. The molecule has 0 atom stereocenters. The molecular weight excluding hydrogens is 268 g/mol. The first-order chi connectivity index (χ1) is 10.1. The Kier molecular flexibility index (Phi) is 3.33. The molecule has 0 amide bonds. The van der Waals surface area contributed by atoms with Gasteiger partial charge in [-0.25, -0.2) is 9.78 Å². The van der Waals surface area contributed by atoms with E-state index in [1.165, 1.54) is 0 Å². The SMILES string of the molecule is Cc1nc2c(c(=O)n1Cc1cccc(C(=O)O)c1)CCC2. The van der Waals surface area contributed by atoms with Gasteiger partial charge in [-0.2, -0.15) is 0 Å². The Hall–Kier alpha value is -2.43. The van der Waals surface area contributed by atoms with Gasteiger partial charge in [0.1, 0.15) is 5.82 Å². The molecule has 2 aromatic rings. The maximum absolute atomic E-state index is 12.5. The first-order valence-corrected chi connectivity index (χ1v) is 6.97. The van der Waals surface area contributed by atoms with E-state index in [-0.39, 0.29) is 11.1 Å². The number of aromatic nitrogens is 2. The summed E-state index contributed by atoms with van der Waals surface area (Å²) in [4.78, 5) is 28.0. The summed E-state index contributed by atoms with van der Waals surface area (Å²) in [6.45, 7) is 2.17. The van der Waals surface area contributed by atoms with E-state index in [0.29, 0.717) is 12.4 Å². The molecule has 1 N–H and O–H groups in total. The van der Waals surface area contributed by atoms with Gasteiger partial charge in [-0.1, -0.05) is 12.1 Å². The fourth-order valence-electron chi connectivity index (χ4n) is 2.82. The first kappa shape index (κ1) is 13.5. The van der Waals surface area contributed by atoms with E-state index in [0.717, 1.165) is 36.1 Å². The van der Waals surface area contributed by atoms with Crippen molar-refractivity contribution in [1.82, 2.24) is 9.55 Å². The number of rotatable bonds is 3. The number of benzene rings is 1. The number of fused-ring (bicyclic) bond motifs is 1. The van der Waals surface area contributed by atoms with Gasteiger partial charge in [0.15, 0.2) is 0 Å². The maximum atomic E-state index is 12.5. The Morgan fingerprint density at radius 2 is 2.19 bits per heavy atom. The molecule has 0 radical (unpaired) electrons. The van der Waals surface area contributed by atoms with E-state index in [2.05, 4.69) is 4.98 Å². The number of carboxylic acids is 1. The van der Waals surface area contributed by atoms with Crippen molar-refractivity contribution in [3.05, 3.63) is 62.8 Å². The molecule has 1 aromatic heterocycles. The van der Waals surface area contributed by atoms with Gasteiger partial charge in [0.25, 0.3) is 5.56 Å². The van der Waals surface area contributed by atoms with Crippen molar-refractivity contribution in [2.24, 2.45) is 0 Å². The molecule has 1 aromatic carbocycles. The molecule has 0 saturated heterocycles. The number of hydrogen-bond donors (Lipinski definition) is 1. The lowest BCUT2D eigenvalue weighted by atomic mass is 10.1. The van der Waals surface area contributed by atoms with Crippen LogP contribution in [0.15, 0.2) is 29.1 Å². The van der Waals surface area contributed by atoms with Crippen molar-refractivity contribution >= 4 is 5.97 Å². The highest BCUT2D eigenvalue weighted by Crippen LogP contribution is 2.17. The second kappa shape index (κ2) is 5.16. The highest BCUT2D eigenvalue weighted by Gasteiger charge is 2.19. The lowest BCUT2D eigenvalue weighted by Crippen LogP contribution is -2.27. The number of hydrogen-bond acceptors (Lipinski definition) is 3. The summed E-state index contributed by atoms with van der Waals surface area (Å²) in [5.74, 6) is -0.283. The minimum atomic E-state index is -0.965. The van der Waals surface area contributed by atoms with Crippen LogP contribution in [0.5, 0.6) is 0 Å². The Morgan fingerprint density at radius 1 is 1.38 bits per heavy atom. The molecule has 108 valence electrons. The van der Waals surface area contributed by atoms with Crippen molar-refractivity contribution in [3.63, 3.8) is 0 Å². The second-order valence-electron chi connectivity index (χ2n) is 5.33. The summed E-state index contributed by atoms with van der Waals surface area (Å²) < 4.78 is 1.63. The van der Waals surface area contributed by atoms with Crippen molar-refractivity contribution in [2.75, 3.05) is 0 Å². The van der Waals surface area contributed by atoms with E-state index >= 15 is 0 Å². The third kappa shape index (κ3) is 2.46. The zero-order valence-corrected chi connectivity index (χ0v) is 11.8. The number of aromatic carboxylic acids is 1. The topological polar surface area (TPSA) is 72.2 Å². The Bertz CT molecular complexity index is 778. The van der Waals surface area contributed by atoms with E-state index < -0.39 is 5.97 Å². The highest BCUT2D eigenvalue weighted by atomic mass is 16.4. The van der Waals surface area contributed by atoms with Crippen LogP contribution in [-0.2, 0) is 19.4 Å². The van der Waals surface area contributed by atoms with Gasteiger partial charge in [0, 0.05) is 5.56 Å². The normalized spacial score (nSPS) is 13.2. The standard InChI is InChI=1S/C16H16N2O3/c1-10-17-14-7-3-6-13(14)15(19)18(10)9-11-4-2-5-12(8-11)16(20)21/h2,4-5,8H,3,6-7,9H2,1H3,(H,20,21). The molecule has 0 unspecified atom stereocenters. The molecule has 0 saturated carbocycles. The predicted octanol–water partition coefficient (Wildman–Crippen LogP) is 1.79. The Balaban J connectivity index is 2.01. The highest BCUT2D eigenvalue weighted by molar-refractivity contribution is 5.87. The summed E-state index contributed by atoms with van der Waals surface area (Å²) in [6.07, 6.45) is 2.65. The van der Waals surface area contributed by atoms with Crippen LogP contribution < -0.4 is 5.56 Å². The average Bonchev–Trinajstić information content (AvgIpc) is 2.92. The molecule has 0 bridgehead atoms. The molecule has 3 rings (SSSR count). The fourth-order valence-corrected chi connectivity index (χ4v) is 2.82. The van der Waals surface area contributed by atoms with E-state index in [1.54, 1.807) is 22.8 Å². The van der Waals surface area contributed by atoms with E-state index in [9.17, 15) is 9.59 Å². The molecule has 5 nitrogen and oxygen atoms in total.